The van der Waals surface area contributed by atoms with Crippen molar-refractivity contribution in [3.05, 3.63) is 29.8 Å². The molecule has 0 unspecified atom stereocenters. The molecular formula is C18H26O. The molecule has 2 saturated carbocycles. The number of phenols is 1. The minimum atomic E-state index is 0.387. The van der Waals surface area contributed by atoms with E-state index in [1.165, 1.54) is 56.9 Å². The van der Waals surface area contributed by atoms with E-state index >= 15 is 0 Å². The molecule has 1 nitrogen and oxygen atoms in total. The molecule has 1 spiro atoms. The molecule has 1 aromatic rings. The van der Waals surface area contributed by atoms with Crippen LogP contribution in [0, 0.1) is 11.3 Å². The summed E-state index contributed by atoms with van der Waals surface area (Å²) in [6.07, 6.45) is 11.4. The van der Waals surface area contributed by atoms with Crippen molar-refractivity contribution >= 4 is 0 Å². The normalized spacial score (nSPS) is 34.2. The summed E-state index contributed by atoms with van der Waals surface area (Å²) >= 11 is 0. The third-order valence-electron chi connectivity index (χ3n) is 5.55. The van der Waals surface area contributed by atoms with Crippen LogP contribution in [0.5, 0.6) is 5.75 Å². The maximum absolute atomic E-state index is 9.36. The van der Waals surface area contributed by atoms with Crippen LogP contribution >= 0.6 is 0 Å². The smallest absolute Gasteiger partial charge is 0.115 e. The van der Waals surface area contributed by atoms with Crippen molar-refractivity contribution in [2.24, 2.45) is 11.3 Å². The predicted octanol–water partition coefficient (Wildman–Crippen LogP) is 5.25. The summed E-state index contributed by atoms with van der Waals surface area (Å²) in [7, 11) is 0. The molecule has 1 heteroatoms. The highest BCUT2D eigenvalue weighted by Gasteiger charge is 2.45. The van der Waals surface area contributed by atoms with Crippen molar-refractivity contribution in [2.45, 2.75) is 64.2 Å². The average molecular weight is 258 g/mol. The van der Waals surface area contributed by atoms with Crippen LogP contribution in [-0.2, 0) is 0 Å². The molecule has 104 valence electrons. The van der Waals surface area contributed by atoms with Gasteiger partial charge < -0.3 is 5.11 Å². The number of hydrogen-bond acceptors (Lipinski definition) is 1. The Balaban J connectivity index is 1.54. The first-order chi connectivity index (χ1) is 9.21. The number of benzene rings is 1. The molecule has 0 aliphatic heterocycles. The molecule has 2 aliphatic carbocycles. The van der Waals surface area contributed by atoms with Gasteiger partial charge in [0.15, 0.2) is 0 Å². The predicted molar refractivity (Wildman–Crippen MR) is 79.4 cm³/mol. The number of phenolic OH excluding ortho intramolecular Hbond substituents is 1. The quantitative estimate of drug-likeness (QED) is 0.785. The highest BCUT2D eigenvalue weighted by Crippen LogP contribution is 2.58. The summed E-state index contributed by atoms with van der Waals surface area (Å²) < 4.78 is 0. The van der Waals surface area contributed by atoms with Gasteiger partial charge >= 0.3 is 0 Å². The Morgan fingerprint density at radius 3 is 2.32 bits per heavy atom. The minimum Gasteiger partial charge on any atom is -0.508 e. The Labute approximate surface area is 117 Å². The molecule has 2 aliphatic rings. The molecule has 0 radical (unpaired) electrons. The molecule has 1 aromatic carbocycles. The van der Waals surface area contributed by atoms with Gasteiger partial charge in [0, 0.05) is 0 Å². The van der Waals surface area contributed by atoms with Crippen molar-refractivity contribution in [1.82, 2.24) is 0 Å². The van der Waals surface area contributed by atoms with Gasteiger partial charge in [-0.05, 0) is 73.5 Å². The highest BCUT2D eigenvalue weighted by atomic mass is 16.3. The zero-order valence-corrected chi connectivity index (χ0v) is 12.1. The van der Waals surface area contributed by atoms with E-state index in [-0.39, 0.29) is 0 Å². The van der Waals surface area contributed by atoms with Crippen LogP contribution < -0.4 is 0 Å². The van der Waals surface area contributed by atoms with Crippen LogP contribution in [0.25, 0.3) is 0 Å². The highest BCUT2D eigenvalue weighted by molar-refractivity contribution is 5.28. The van der Waals surface area contributed by atoms with Crippen LogP contribution in [0.1, 0.15) is 69.8 Å². The molecule has 0 amide bonds. The van der Waals surface area contributed by atoms with E-state index in [9.17, 15) is 5.11 Å². The summed E-state index contributed by atoms with van der Waals surface area (Å²) in [4.78, 5) is 0. The van der Waals surface area contributed by atoms with E-state index in [1.807, 2.05) is 12.1 Å². The van der Waals surface area contributed by atoms with Crippen molar-refractivity contribution < 1.29 is 5.11 Å². The Kier molecular flexibility index (Phi) is 3.56. The van der Waals surface area contributed by atoms with Crippen molar-refractivity contribution in [3.63, 3.8) is 0 Å². The van der Waals surface area contributed by atoms with Crippen LogP contribution in [-0.4, -0.2) is 5.11 Å². The molecule has 2 fully saturated rings. The first kappa shape index (κ1) is 13.0. The maximum Gasteiger partial charge on any atom is 0.115 e. The third-order valence-corrected chi connectivity index (χ3v) is 5.55. The van der Waals surface area contributed by atoms with Gasteiger partial charge in [0.05, 0.1) is 0 Å². The second-order valence-corrected chi connectivity index (χ2v) is 6.93. The Morgan fingerprint density at radius 2 is 1.74 bits per heavy atom. The fraction of sp³-hybridized carbons (Fsp3) is 0.667. The van der Waals surface area contributed by atoms with Gasteiger partial charge in [-0.2, -0.15) is 0 Å². The van der Waals surface area contributed by atoms with Gasteiger partial charge in [-0.3, -0.25) is 0 Å². The zero-order valence-electron chi connectivity index (χ0n) is 12.1. The van der Waals surface area contributed by atoms with Gasteiger partial charge in [-0.25, -0.2) is 0 Å². The van der Waals surface area contributed by atoms with E-state index in [1.54, 1.807) is 0 Å². The Hall–Kier alpha value is -0.980. The largest absolute Gasteiger partial charge is 0.508 e. The van der Waals surface area contributed by atoms with Crippen LogP contribution in [0.15, 0.2) is 24.3 Å². The van der Waals surface area contributed by atoms with Gasteiger partial charge in [-0.1, -0.05) is 31.9 Å². The van der Waals surface area contributed by atoms with Crippen molar-refractivity contribution in [3.8, 4) is 5.75 Å². The number of rotatable bonds is 3. The van der Waals surface area contributed by atoms with Crippen LogP contribution in [0.3, 0.4) is 0 Å². The first-order valence-electron chi connectivity index (χ1n) is 8.00. The van der Waals surface area contributed by atoms with Crippen LogP contribution in [0.2, 0.25) is 0 Å². The summed E-state index contributed by atoms with van der Waals surface area (Å²) in [5.41, 5.74) is 2.16. The molecular weight excluding hydrogens is 232 g/mol. The van der Waals surface area contributed by atoms with E-state index in [4.69, 9.17) is 0 Å². The lowest BCUT2D eigenvalue weighted by molar-refractivity contribution is 0.00534. The van der Waals surface area contributed by atoms with E-state index < -0.39 is 0 Å². The van der Waals surface area contributed by atoms with Gasteiger partial charge in [-0.15, -0.1) is 0 Å². The lowest BCUT2D eigenvalue weighted by atomic mass is 9.53. The zero-order chi connectivity index (χ0) is 13.3. The topological polar surface area (TPSA) is 20.2 Å². The fourth-order valence-electron chi connectivity index (χ4n) is 4.50. The second kappa shape index (κ2) is 5.19. The molecule has 0 heterocycles. The second-order valence-electron chi connectivity index (χ2n) is 6.93. The lowest BCUT2D eigenvalue weighted by Crippen LogP contribution is -2.39. The maximum atomic E-state index is 9.36. The monoisotopic (exact) mass is 258 g/mol. The lowest BCUT2D eigenvalue weighted by Gasteiger charge is -2.52. The summed E-state index contributed by atoms with van der Waals surface area (Å²) in [6, 6.07) is 7.89. The van der Waals surface area contributed by atoms with E-state index in [0.29, 0.717) is 5.75 Å². The summed E-state index contributed by atoms with van der Waals surface area (Å²) in [5.74, 6) is 2.16. The van der Waals surface area contributed by atoms with E-state index in [0.717, 1.165) is 17.3 Å². The molecule has 0 atom stereocenters. The van der Waals surface area contributed by atoms with Crippen molar-refractivity contribution in [1.29, 1.82) is 0 Å². The van der Waals surface area contributed by atoms with E-state index in [2.05, 4.69) is 19.1 Å². The Morgan fingerprint density at radius 1 is 1.11 bits per heavy atom. The third kappa shape index (κ3) is 2.66. The fourth-order valence-corrected chi connectivity index (χ4v) is 4.50. The minimum absolute atomic E-state index is 0.387. The molecule has 0 aromatic heterocycles. The average Bonchev–Trinajstić information content (AvgIpc) is 2.39. The van der Waals surface area contributed by atoms with Crippen LogP contribution in [0.4, 0.5) is 0 Å². The summed E-state index contributed by atoms with van der Waals surface area (Å²) in [5, 5.41) is 9.36. The molecule has 19 heavy (non-hydrogen) atoms. The molecule has 1 N–H and O–H groups in total. The van der Waals surface area contributed by atoms with Gasteiger partial charge in [0.25, 0.3) is 0 Å². The van der Waals surface area contributed by atoms with Gasteiger partial charge in [0.1, 0.15) is 5.75 Å². The number of hydrogen-bond donors (Lipinski definition) is 1. The molecule has 0 bridgehead atoms. The molecule has 0 saturated heterocycles. The SMILES string of the molecule is CCCC1CC2(CCC(c3ccc(O)cc3)CC2)C1. The van der Waals surface area contributed by atoms with Gasteiger partial charge in [0.2, 0.25) is 0 Å². The standard InChI is InChI=1S/C18H26O/c1-2-3-14-12-18(13-14)10-8-16(9-11-18)15-4-6-17(19)7-5-15/h4-7,14,16,19H,2-3,8-13H2,1H3. The van der Waals surface area contributed by atoms with Crippen molar-refractivity contribution in [2.75, 3.05) is 0 Å². The number of aromatic hydroxyl groups is 1. The first-order valence-corrected chi connectivity index (χ1v) is 8.00. The molecule has 3 rings (SSSR count). The summed E-state index contributed by atoms with van der Waals surface area (Å²) in [6.45, 7) is 2.31. The Bertz CT molecular complexity index is 404.